The van der Waals surface area contributed by atoms with E-state index in [9.17, 15) is 29.6 Å². The van der Waals surface area contributed by atoms with Crippen LogP contribution in [0, 0.1) is 0 Å². The summed E-state index contributed by atoms with van der Waals surface area (Å²) in [6, 6.07) is -0.945. The number of carbonyl (C=O) groups excluding carboxylic acids is 1. The Labute approximate surface area is 334 Å². The second-order valence-electron chi connectivity index (χ2n) is 14.7. The van der Waals surface area contributed by atoms with Crippen LogP contribution in [-0.2, 0) is 18.4 Å². The predicted octanol–water partition coefficient (Wildman–Crippen LogP) is 8.73. The van der Waals surface area contributed by atoms with Crippen LogP contribution in [0.5, 0.6) is 0 Å². The third-order valence-electron chi connectivity index (χ3n) is 8.22. The zero-order valence-electron chi connectivity index (χ0n) is 34.6. The van der Waals surface area contributed by atoms with Gasteiger partial charge in [0, 0.05) is 6.42 Å². The molecule has 0 aliphatic rings. The number of aliphatic hydroxyl groups is 3. The summed E-state index contributed by atoms with van der Waals surface area (Å²) in [5.41, 5.74) is 0. The molecular weight excluding hydrogens is 715 g/mol. The summed E-state index contributed by atoms with van der Waals surface area (Å²) < 4.78 is 23.4. The van der Waals surface area contributed by atoms with Crippen LogP contribution in [0.25, 0.3) is 0 Å². The van der Waals surface area contributed by atoms with Crippen LogP contribution < -0.4 is 5.32 Å². The Morgan fingerprint density at radius 1 is 0.691 bits per heavy atom. The van der Waals surface area contributed by atoms with Crippen LogP contribution in [0.2, 0.25) is 0 Å². The van der Waals surface area contributed by atoms with Gasteiger partial charge in [-0.05, 0) is 57.8 Å². The van der Waals surface area contributed by atoms with Crippen molar-refractivity contribution in [2.45, 2.75) is 135 Å². The first kappa shape index (κ1) is 52.3. The Morgan fingerprint density at radius 3 is 1.93 bits per heavy atom. The molecule has 0 aromatic heterocycles. The number of phosphoric acid groups is 1. The molecule has 0 saturated carbocycles. The number of phosphoric ester groups is 1. The minimum atomic E-state index is -4.39. The Hall–Kier alpha value is -2.66. The first-order chi connectivity index (χ1) is 26.3. The first-order valence-electron chi connectivity index (χ1n) is 20.3. The lowest BCUT2D eigenvalue weighted by Gasteiger charge is -2.25. The molecule has 0 aromatic rings. The summed E-state index contributed by atoms with van der Waals surface area (Å²) in [6.07, 6.45) is 41.3. The van der Waals surface area contributed by atoms with Crippen molar-refractivity contribution in [2.75, 3.05) is 40.9 Å². The van der Waals surface area contributed by atoms with E-state index in [1.54, 1.807) is 42.5 Å². The number of nitrogens with zero attached hydrogens (tertiary/aromatic N) is 1. The summed E-state index contributed by atoms with van der Waals surface area (Å²) in [7, 11) is 1.42. The fraction of sp³-hybridized carbons (Fsp3) is 0.614. The van der Waals surface area contributed by atoms with E-state index in [0.29, 0.717) is 43.1 Å². The molecule has 11 heteroatoms. The van der Waals surface area contributed by atoms with Crippen LogP contribution in [0.3, 0.4) is 0 Å². The highest BCUT2D eigenvalue weighted by molar-refractivity contribution is 7.47. The number of allylic oxidation sites excluding steroid dienone is 11. The molecule has 314 valence electrons. The van der Waals surface area contributed by atoms with Crippen LogP contribution in [0.15, 0.2) is 97.2 Å². The van der Waals surface area contributed by atoms with E-state index in [0.717, 1.165) is 19.3 Å². The Morgan fingerprint density at radius 2 is 1.27 bits per heavy atom. The molecule has 10 nitrogen and oxygen atoms in total. The van der Waals surface area contributed by atoms with Gasteiger partial charge in [-0.3, -0.25) is 13.8 Å². The highest BCUT2D eigenvalue weighted by Crippen LogP contribution is 2.43. The summed E-state index contributed by atoms with van der Waals surface area (Å²) in [5, 5.41) is 33.6. The Kier molecular flexibility index (Phi) is 32.9. The van der Waals surface area contributed by atoms with E-state index in [4.69, 9.17) is 9.05 Å². The molecule has 1 unspecified atom stereocenters. The molecule has 0 aromatic carbocycles. The molecule has 0 aliphatic heterocycles. The van der Waals surface area contributed by atoms with Gasteiger partial charge in [-0.25, -0.2) is 4.57 Å². The fourth-order valence-electron chi connectivity index (χ4n) is 4.90. The lowest BCUT2D eigenvalue weighted by molar-refractivity contribution is -0.870. The molecule has 0 heterocycles. The van der Waals surface area contributed by atoms with Gasteiger partial charge >= 0.3 is 7.82 Å². The number of nitrogens with one attached hydrogen (secondary N) is 1. The van der Waals surface area contributed by atoms with Gasteiger partial charge in [0.15, 0.2) is 0 Å². The maximum Gasteiger partial charge on any atom is 0.472 e. The fourth-order valence-corrected chi connectivity index (χ4v) is 5.63. The number of hydrogen-bond donors (Lipinski definition) is 5. The van der Waals surface area contributed by atoms with Crippen LogP contribution in [0.1, 0.15) is 110 Å². The predicted molar refractivity (Wildman–Crippen MR) is 228 cm³/mol. The molecule has 0 fully saturated rings. The number of amides is 1. The van der Waals surface area contributed by atoms with Gasteiger partial charge in [0.1, 0.15) is 13.2 Å². The maximum atomic E-state index is 12.8. The quantitative estimate of drug-likeness (QED) is 0.0143. The molecular formula is C44H76N2O8P+. The number of likely N-dealkylation sites (N-methyl/N-ethyl adjacent to an activating group) is 1. The van der Waals surface area contributed by atoms with Crippen molar-refractivity contribution >= 4 is 13.7 Å². The van der Waals surface area contributed by atoms with Crippen molar-refractivity contribution < 1.29 is 43.1 Å². The molecule has 0 radical (unpaired) electrons. The molecule has 1 amide bonds. The van der Waals surface area contributed by atoms with E-state index in [1.165, 1.54) is 38.5 Å². The largest absolute Gasteiger partial charge is 0.472 e. The third kappa shape index (κ3) is 36.7. The lowest BCUT2D eigenvalue weighted by Crippen LogP contribution is -2.45. The van der Waals surface area contributed by atoms with Gasteiger partial charge < -0.3 is 30.0 Å². The van der Waals surface area contributed by atoms with Gasteiger partial charge in [-0.1, -0.05) is 143 Å². The van der Waals surface area contributed by atoms with Crippen molar-refractivity contribution in [2.24, 2.45) is 0 Å². The van der Waals surface area contributed by atoms with Gasteiger partial charge in [0.25, 0.3) is 0 Å². The Bertz CT molecular complexity index is 1250. The van der Waals surface area contributed by atoms with E-state index in [2.05, 4.69) is 31.3 Å². The van der Waals surface area contributed by atoms with Crippen molar-refractivity contribution in [3.05, 3.63) is 97.2 Å². The van der Waals surface area contributed by atoms with Gasteiger partial charge in [0.05, 0.1) is 52.1 Å². The molecule has 0 bridgehead atoms. The number of hydrogen-bond acceptors (Lipinski definition) is 7. The van der Waals surface area contributed by atoms with Crippen LogP contribution in [-0.4, -0.2) is 95.9 Å². The van der Waals surface area contributed by atoms with Crippen molar-refractivity contribution in [1.29, 1.82) is 0 Å². The lowest BCUT2D eigenvalue weighted by atomic mass is 10.1. The van der Waals surface area contributed by atoms with E-state index < -0.39 is 38.8 Å². The van der Waals surface area contributed by atoms with E-state index in [-0.39, 0.29) is 18.9 Å². The number of rotatable bonds is 34. The number of aliphatic hydroxyl groups excluding tert-OH is 3. The number of quaternary nitrogens is 1. The molecule has 0 rings (SSSR count). The average molecular weight is 792 g/mol. The maximum absolute atomic E-state index is 12.8. The van der Waals surface area contributed by atoms with Gasteiger partial charge in [-0.15, -0.1) is 0 Å². The minimum Gasteiger partial charge on any atom is -0.389 e. The smallest absolute Gasteiger partial charge is 0.389 e. The summed E-state index contributed by atoms with van der Waals surface area (Å²) in [6.45, 7) is 4.39. The molecule has 5 atom stereocenters. The molecule has 0 aliphatic carbocycles. The zero-order valence-corrected chi connectivity index (χ0v) is 35.5. The van der Waals surface area contributed by atoms with E-state index in [1.807, 2.05) is 63.7 Å². The average Bonchev–Trinajstić information content (AvgIpc) is 3.12. The SMILES string of the molecule is CC/C=C\C[C@H](O)/C=C/C=C\C=C\[C@H](O)C/C=C\C/C=C\CCC(=O)N[C@@H](COP(=O)(O)OCC[N+](C)(C)C)[C@H](O)/C=C/CC/C=C\CCCCCCCC. The van der Waals surface area contributed by atoms with Crippen LogP contribution in [0.4, 0.5) is 0 Å². The van der Waals surface area contributed by atoms with Crippen LogP contribution >= 0.6 is 7.82 Å². The normalized spacial score (nSPS) is 16.6. The molecule has 0 saturated heterocycles. The molecule has 0 spiro atoms. The van der Waals surface area contributed by atoms with E-state index >= 15 is 0 Å². The number of carbonyl (C=O) groups is 1. The molecule has 5 N–H and O–H groups in total. The monoisotopic (exact) mass is 792 g/mol. The number of unbranched alkanes of at least 4 members (excludes halogenated alkanes) is 7. The van der Waals surface area contributed by atoms with Crippen molar-refractivity contribution in [1.82, 2.24) is 5.32 Å². The second kappa shape index (κ2) is 34.6. The highest BCUT2D eigenvalue weighted by Gasteiger charge is 2.27. The third-order valence-corrected chi connectivity index (χ3v) is 9.20. The molecule has 55 heavy (non-hydrogen) atoms. The summed E-state index contributed by atoms with van der Waals surface area (Å²) in [4.78, 5) is 23.0. The second-order valence-corrected chi connectivity index (χ2v) is 16.1. The summed E-state index contributed by atoms with van der Waals surface area (Å²) in [5.74, 6) is -0.322. The zero-order chi connectivity index (χ0) is 41.0. The van der Waals surface area contributed by atoms with Gasteiger partial charge in [0.2, 0.25) is 5.91 Å². The standard InChI is InChI=1S/C44H75N2O8P/c1-6-8-10-11-12-13-14-15-16-17-21-29-35-43(49)42(39-54-55(51,52)53-38-37-46(3,4)5)45-44(50)36-30-22-19-18-20-26-32-41(48)34-28-24-23-27-33-40(47)31-25-9-7-2/h9,15-16,19-20,22-29,33-35,40-43,47-49H,6-8,10-14,17-18,21,30-32,36-39H2,1-5H3,(H-,45,50,51,52)/p+1/b16-15-,22-19-,24-23-,25-9-,26-20-,33-27+,34-28+,35-29+/t40-,41+,42-,43+/m0/s1. The first-order valence-corrected chi connectivity index (χ1v) is 21.8. The minimum absolute atomic E-state index is 0.0168. The topological polar surface area (TPSA) is 146 Å². The van der Waals surface area contributed by atoms with Crippen molar-refractivity contribution in [3.63, 3.8) is 0 Å². The Balaban J connectivity index is 4.80. The highest BCUT2D eigenvalue weighted by atomic mass is 31.2. The summed E-state index contributed by atoms with van der Waals surface area (Å²) >= 11 is 0. The van der Waals surface area contributed by atoms with Gasteiger partial charge in [-0.2, -0.15) is 0 Å². The van der Waals surface area contributed by atoms with Crippen molar-refractivity contribution in [3.8, 4) is 0 Å².